The molecule has 4 rings (SSSR count). The molecule has 0 aromatic heterocycles. The Hall–Kier alpha value is 0.270. The summed E-state index contributed by atoms with van der Waals surface area (Å²) in [5, 5.41) is 7.40. The molecule has 1 unspecified atom stereocenters. The summed E-state index contributed by atoms with van der Waals surface area (Å²) >= 11 is 2.11. The van der Waals surface area contributed by atoms with E-state index in [-0.39, 0.29) is 24.0 Å². The molecule has 2 heterocycles. The monoisotopic (exact) mass is 493 g/mol. The van der Waals surface area contributed by atoms with Gasteiger partial charge >= 0.3 is 0 Å². The van der Waals surface area contributed by atoms with E-state index in [1.54, 1.807) is 0 Å². The molecule has 2 N–H and O–H groups in total. The largest absolute Gasteiger partial charge is 0.355 e. The van der Waals surface area contributed by atoms with Crippen molar-refractivity contribution in [3.05, 3.63) is 0 Å². The summed E-state index contributed by atoms with van der Waals surface area (Å²) in [5.74, 6) is 3.61. The summed E-state index contributed by atoms with van der Waals surface area (Å²) in [7, 11) is 1.92. The first-order chi connectivity index (χ1) is 12.3. The summed E-state index contributed by atoms with van der Waals surface area (Å²) < 4.78 is 0. The van der Waals surface area contributed by atoms with Gasteiger partial charge in [0.05, 0.1) is 0 Å². The third-order valence-corrected chi connectivity index (χ3v) is 7.59. The molecule has 4 fully saturated rings. The molecule has 26 heavy (non-hydrogen) atoms. The van der Waals surface area contributed by atoms with Crippen molar-refractivity contribution in [1.29, 1.82) is 0 Å². The number of hydrogen-bond acceptors (Lipinski definition) is 4. The van der Waals surface area contributed by atoms with Crippen molar-refractivity contribution >= 4 is 41.7 Å². The summed E-state index contributed by atoms with van der Waals surface area (Å²) in [6.07, 6.45) is 9.55. The van der Waals surface area contributed by atoms with Crippen LogP contribution in [0.3, 0.4) is 0 Å². The molecular weight excluding hydrogens is 457 g/mol. The van der Waals surface area contributed by atoms with Gasteiger partial charge in [-0.1, -0.05) is 12.8 Å². The average Bonchev–Trinajstić information content (AvgIpc) is 3.21. The van der Waals surface area contributed by atoms with Gasteiger partial charge in [0.1, 0.15) is 0 Å². The number of halogens is 1. The highest BCUT2D eigenvalue weighted by Gasteiger charge is 2.40. The van der Waals surface area contributed by atoms with Crippen LogP contribution in [0.15, 0.2) is 4.99 Å². The van der Waals surface area contributed by atoms with E-state index in [1.807, 2.05) is 7.05 Å². The molecule has 0 aromatic rings. The Bertz CT molecular complexity index is 473. The predicted octanol–water partition coefficient (Wildman–Crippen LogP) is 2.37. The van der Waals surface area contributed by atoms with E-state index in [0.717, 1.165) is 18.5 Å². The van der Waals surface area contributed by atoms with Gasteiger partial charge in [-0.3, -0.25) is 14.8 Å². The standard InChI is InChI=1S/C19H35N5S.HI/c1-20-18(22-16-6-9-23(14-16)17-4-5-17)21-15-19(7-2-3-8-19)24-10-12-25-13-11-24;/h16-17H,2-15H2,1H3,(H2,20,21,22);1H. The molecule has 2 saturated heterocycles. The fourth-order valence-corrected chi connectivity index (χ4v) is 5.89. The van der Waals surface area contributed by atoms with Crippen molar-refractivity contribution in [2.45, 2.75) is 62.6 Å². The molecule has 1 atom stereocenters. The van der Waals surface area contributed by atoms with Crippen molar-refractivity contribution in [1.82, 2.24) is 20.4 Å². The number of hydrogen-bond donors (Lipinski definition) is 2. The summed E-state index contributed by atoms with van der Waals surface area (Å²) in [4.78, 5) is 9.97. The van der Waals surface area contributed by atoms with Crippen LogP contribution in [0, 0.1) is 0 Å². The topological polar surface area (TPSA) is 42.9 Å². The summed E-state index contributed by atoms with van der Waals surface area (Å²) in [5.41, 5.74) is 0.369. The Balaban J connectivity index is 0.00000196. The quantitative estimate of drug-likeness (QED) is 0.350. The predicted molar refractivity (Wildman–Crippen MR) is 123 cm³/mol. The number of guanidine groups is 1. The SMILES string of the molecule is CN=C(NCC1(N2CCSCC2)CCCC1)NC1CCN(C2CC2)C1.I. The zero-order valence-electron chi connectivity index (χ0n) is 16.2. The fourth-order valence-electron chi connectivity index (χ4n) is 4.99. The van der Waals surface area contributed by atoms with Crippen LogP contribution in [0.4, 0.5) is 0 Å². The van der Waals surface area contributed by atoms with Crippen LogP contribution >= 0.6 is 35.7 Å². The second kappa shape index (κ2) is 9.65. The highest BCUT2D eigenvalue weighted by Crippen LogP contribution is 2.36. The third kappa shape index (κ3) is 5.00. The van der Waals surface area contributed by atoms with E-state index in [1.165, 1.54) is 82.6 Å². The second-order valence-corrected chi connectivity index (χ2v) is 9.54. The summed E-state index contributed by atoms with van der Waals surface area (Å²) in [6.45, 7) is 6.03. The molecule has 2 aliphatic heterocycles. The summed E-state index contributed by atoms with van der Waals surface area (Å²) in [6, 6.07) is 1.46. The van der Waals surface area contributed by atoms with Gasteiger partial charge in [0, 0.05) is 68.9 Å². The molecule has 5 nitrogen and oxygen atoms in total. The Kier molecular flexibility index (Phi) is 7.79. The van der Waals surface area contributed by atoms with Crippen LogP contribution in [0.2, 0.25) is 0 Å². The van der Waals surface area contributed by atoms with Crippen molar-refractivity contribution in [2.24, 2.45) is 4.99 Å². The maximum absolute atomic E-state index is 4.53. The number of aliphatic imine (C=N–C) groups is 1. The van der Waals surface area contributed by atoms with Crippen LogP contribution in [0.1, 0.15) is 44.9 Å². The number of rotatable bonds is 5. The van der Waals surface area contributed by atoms with Crippen molar-refractivity contribution < 1.29 is 0 Å². The van der Waals surface area contributed by atoms with Crippen LogP contribution in [0.5, 0.6) is 0 Å². The van der Waals surface area contributed by atoms with Gasteiger partial charge in [-0.25, -0.2) is 0 Å². The van der Waals surface area contributed by atoms with E-state index >= 15 is 0 Å². The van der Waals surface area contributed by atoms with Crippen LogP contribution in [0.25, 0.3) is 0 Å². The van der Waals surface area contributed by atoms with Gasteiger partial charge in [0.25, 0.3) is 0 Å². The zero-order chi connectivity index (χ0) is 17.1. The number of likely N-dealkylation sites (tertiary alicyclic amines) is 1. The number of nitrogens with one attached hydrogen (secondary N) is 2. The minimum atomic E-state index is 0. The molecular formula is C19H36IN5S. The second-order valence-electron chi connectivity index (χ2n) is 8.31. The van der Waals surface area contributed by atoms with Crippen LogP contribution < -0.4 is 10.6 Å². The minimum Gasteiger partial charge on any atom is -0.355 e. The van der Waals surface area contributed by atoms with Gasteiger partial charge < -0.3 is 10.6 Å². The number of nitrogens with zero attached hydrogens (tertiary/aromatic N) is 3. The molecule has 4 aliphatic rings. The Morgan fingerprint density at radius 3 is 2.50 bits per heavy atom. The van der Waals surface area contributed by atoms with E-state index in [2.05, 4.69) is 37.2 Å². The van der Waals surface area contributed by atoms with E-state index < -0.39 is 0 Å². The van der Waals surface area contributed by atoms with Crippen molar-refractivity contribution in [3.63, 3.8) is 0 Å². The van der Waals surface area contributed by atoms with Crippen molar-refractivity contribution in [3.8, 4) is 0 Å². The molecule has 2 aliphatic carbocycles. The molecule has 0 spiro atoms. The van der Waals surface area contributed by atoms with E-state index in [0.29, 0.717) is 11.6 Å². The van der Waals surface area contributed by atoms with Gasteiger partial charge in [-0.2, -0.15) is 11.8 Å². The normalized spacial score (nSPS) is 30.2. The first kappa shape index (κ1) is 21.0. The third-order valence-electron chi connectivity index (χ3n) is 6.65. The molecule has 2 saturated carbocycles. The maximum atomic E-state index is 4.53. The molecule has 7 heteroatoms. The highest BCUT2D eigenvalue weighted by atomic mass is 127. The fraction of sp³-hybridized carbons (Fsp3) is 0.947. The lowest BCUT2D eigenvalue weighted by Crippen LogP contribution is -2.58. The highest BCUT2D eigenvalue weighted by molar-refractivity contribution is 14.0. The van der Waals surface area contributed by atoms with Gasteiger partial charge in [0.15, 0.2) is 5.96 Å². The van der Waals surface area contributed by atoms with E-state index in [9.17, 15) is 0 Å². The van der Waals surface area contributed by atoms with Crippen LogP contribution in [-0.4, -0.2) is 84.7 Å². The van der Waals surface area contributed by atoms with Crippen molar-refractivity contribution in [2.75, 3.05) is 51.3 Å². The van der Waals surface area contributed by atoms with Gasteiger partial charge in [-0.05, 0) is 32.1 Å². The lowest BCUT2D eigenvalue weighted by Gasteiger charge is -2.43. The molecule has 0 bridgehead atoms. The van der Waals surface area contributed by atoms with E-state index in [4.69, 9.17) is 0 Å². The van der Waals surface area contributed by atoms with Crippen LogP contribution in [-0.2, 0) is 0 Å². The lowest BCUT2D eigenvalue weighted by molar-refractivity contribution is 0.107. The smallest absolute Gasteiger partial charge is 0.191 e. The Morgan fingerprint density at radius 1 is 1.12 bits per heavy atom. The lowest BCUT2D eigenvalue weighted by atomic mass is 9.94. The number of thioether (sulfide) groups is 1. The minimum absolute atomic E-state index is 0. The zero-order valence-corrected chi connectivity index (χ0v) is 19.4. The molecule has 0 aromatic carbocycles. The first-order valence-electron chi connectivity index (χ1n) is 10.3. The van der Waals surface area contributed by atoms with Gasteiger partial charge in [0.2, 0.25) is 0 Å². The Morgan fingerprint density at radius 2 is 1.85 bits per heavy atom. The maximum Gasteiger partial charge on any atom is 0.191 e. The first-order valence-corrected chi connectivity index (χ1v) is 11.5. The molecule has 0 amide bonds. The van der Waals surface area contributed by atoms with Gasteiger partial charge in [-0.15, -0.1) is 24.0 Å². The average molecular weight is 494 g/mol. The molecule has 150 valence electrons. The Labute approximate surface area is 180 Å². The molecule has 0 radical (unpaired) electrons.